The number of hydrogen-bond acceptors (Lipinski definition) is 4. The lowest BCUT2D eigenvalue weighted by molar-refractivity contribution is -0.116. The van der Waals surface area contributed by atoms with Gasteiger partial charge in [0, 0.05) is 48.3 Å². The molecule has 0 bridgehead atoms. The van der Waals surface area contributed by atoms with E-state index in [1.54, 1.807) is 12.1 Å². The summed E-state index contributed by atoms with van der Waals surface area (Å²) in [5, 5.41) is 9.04. The fourth-order valence-corrected chi connectivity index (χ4v) is 3.29. The third kappa shape index (κ3) is 4.74. The Morgan fingerprint density at radius 1 is 1.41 bits per heavy atom. The van der Waals surface area contributed by atoms with Crippen molar-refractivity contribution in [2.45, 2.75) is 26.3 Å². The van der Waals surface area contributed by atoms with Gasteiger partial charge in [-0.05, 0) is 31.5 Å². The summed E-state index contributed by atoms with van der Waals surface area (Å²) in [4.78, 5) is 24.1. The first-order valence-corrected chi connectivity index (χ1v) is 8.75. The van der Waals surface area contributed by atoms with Gasteiger partial charge in [0.05, 0.1) is 0 Å². The molecule has 2 amide bonds. The maximum Gasteiger partial charge on any atom is 0.251 e. The molecule has 1 atom stereocenters. The first-order valence-electron chi connectivity index (χ1n) is 7.60. The molecule has 0 radical (unpaired) electrons. The number of benzene rings is 1. The van der Waals surface area contributed by atoms with Crippen molar-refractivity contribution in [1.82, 2.24) is 10.6 Å². The molecular weight excluding hydrogens is 298 g/mol. The molecule has 0 aliphatic carbocycles. The van der Waals surface area contributed by atoms with E-state index in [1.807, 2.05) is 31.7 Å². The Labute approximate surface area is 135 Å². The van der Waals surface area contributed by atoms with Crippen molar-refractivity contribution in [3.05, 3.63) is 29.3 Å². The predicted molar refractivity (Wildman–Crippen MR) is 91.5 cm³/mol. The van der Waals surface area contributed by atoms with Crippen LogP contribution in [0.2, 0.25) is 0 Å². The molecule has 120 valence electrons. The zero-order valence-electron chi connectivity index (χ0n) is 13.1. The second kappa shape index (κ2) is 8.19. The van der Waals surface area contributed by atoms with Crippen LogP contribution < -0.4 is 16.0 Å². The monoisotopic (exact) mass is 321 g/mol. The first kappa shape index (κ1) is 16.8. The Kier molecular flexibility index (Phi) is 6.27. The molecular formula is C16H23N3O2S. The van der Waals surface area contributed by atoms with Crippen LogP contribution in [0.3, 0.4) is 0 Å². The Morgan fingerprint density at radius 2 is 2.23 bits per heavy atom. The van der Waals surface area contributed by atoms with Gasteiger partial charge in [-0.3, -0.25) is 9.59 Å². The highest BCUT2D eigenvalue weighted by molar-refractivity contribution is 7.99. The van der Waals surface area contributed by atoms with Crippen molar-refractivity contribution in [3.63, 3.8) is 0 Å². The molecule has 0 aromatic heterocycles. The Balaban J connectivity index is 1.99. The molecule has 1 aromatic rings. The van der Waals surface area contributed by atoms with Crippen LogP contribution in [0.25, 0.3) is 0 Å². The number of carbonyl (C=O) groups excluding carboxylic acids is 2. The van der Waals surface area contributed by atoms with Gasteiger partial charge in [-0.2, -0.15) is 11.8 Å². The van der Waals surface area contributed by atoms with Gasteiger partial charge in [-0.1, -0.05) is 6.07 Å². The lowest BCUT2D eigenvalue weighted by Crippen LogP contribution is -2.40. The molecule has 1 aromatic carbocycles. The average molecular weight is 321 g/mol. The lowest BCUT2D eigenvalue weighted by Gasteiger charge is -2.22. The largest absolute Gasteiger partial charge is 0.352 e. The van der Waals surface area contributed by atoms with Crippen LogP contribution in [0.15, 0.2) is 18.2 Å². The third-order valence-corrected chi connectivity index (χ3v) is 4.67. The number of carbonyl (C=O) groups is 2. The van der Waals surface area contributed by atoms with Gasteiger partial charge in [-0.25, -0.2) is 0 Å². The molecule has 6 heteroatoms. The zero-order chi connectivity index (χ0) is 15.9. The summed E-state index contributed by atoms with van der Waals surface area (Å²) in [6.07, 6.45) is 0.456. The minimum Gasteiger partial charge on any atom is -0.352 e. The highest BCUT2D eigenvalue weighted by atomic mass is 32.2. The molecule has 0 saturated carbocycles. The quantitative estimate of drug-likeness (QED) is 0.773. The van der Waals surface area contributed by atoms with Crippen molar-refractivity contribution in [2.24, 2.45) is 0 Å². The standard InChI is InChI=1S/C16H23N3O2S/c1-3-17-16(21)12-5-4-11(2)14(8-12)19-15(20)9-13-10-22-7-6-18-13/h4-5,8,13,18H,3,6-7,9-10H2,1-2H3,(H,17,21)(H,19,20). The second-order valence-corrected chi connectivity index (χ2v) is 6.52. The number of rotatable bonds is 5. The van der Waals surface area contributed by atoms with E-state index in [9.17, 15) is 9.59 Å². The summed E-state index contributed by atoms with van der Waals surface area (Å²) in [5.74, 6) is 1.93. The summed E-state index contributed by atoms with van der Waals surface area (Å²) in [6, 6.07) is 5.59. The molecule has 22 heavy (non-hydrogen) atoms. The Morgan fingerprint density at radius 3 is 2.91 bits per heavy atom. The number of nitrogens with one attached hydrogen (secondary N) is 3. The van der Waals surface area contributed by atoms with Gasteiger partial charge in [0.25, 0.3) is 5.91 Å². The van der Waals surface area contributed by atoms with Crippen molar-refractivity contribution < 1.29 is 9.59 Å². The lowest BCUT2D eigenvalue weighted by atomic mass is 10.1. The van der Waals surface area contributed by atoms with Gasteiger partial charge in [0.15, 0.2) is 0 Å². The normalized spacial score (nSPS) is 17.8. The minimum absolute atomic E-state index is 0.0175. The van der Waals surface area contributed by atoms with Crippen LogP contribution >= 0.6 is 11.8 Å². The van der Waals surface area contributed by atoms with Crippen LogP contribution in [0.1, 0.15) is 29.3 Å². The first-order chi connectivity index (χ1) is 10.6. The van der Waals surface area contributed by atoms with Crippen molar-refractivity contribution in [1.29, 1.82) is 0 Å². The molecule has 1 unspecified atom stereocenters. The Bertz CT molecular complexity index is 542. The molecule has 1 saturated heterocycles. The van der Waals surface area contributed by atoms with E-state index < -0.39 is 0 Å². The van der Waals surface area contributed by atoms with Crippen LogP contribution in [0, 0.1) is 6.92 Å². The molecule has 2 rings (SSSR count). The van der Waals surface area contributed by atoms with E-state index in [2.05, 4.69) is 16.0 Å². The number of hydrogen-bond donors (Lipinski definition) is 3. The summed E-state index contributed by atoms with van der Waals surface area (Å²) in [6.45, 7) is 5.34. The van der Waals surface area contributed by atoms with Gasteiger partial charge >= 0.3 is 0 Å². The molecule has 1 fully saturated rings. The number of aryl methyl sites for hydroxylation is 1. The van der Waals surface area contributed by atoms with Gasteiger partial charge in [-0.15, -0.1) is 0 Å². The zero-order valence-corrected chi connectivity index (χ0v) is 13.9. The van der Waals surface area contributed by atoms with Crippen LogP contribution in [0.5, 0.6) is 0 Å². The van der Waals surface area contributed by atoms with E-state index in [-0.39, 0.29) is 17.9 Å². The fourth-order valence-electron chi connectivity index (χ4n) is 2.34. The molecule has 0 spiro atoms. The number of anilines is 1. The number of amides is 2. The van der Waals surface area contributed by atoms with Crippen molar-refractivity contribution >= 4 is 29.3 Å². The molecule has 1 aliphatic heterocycles. The van der Waals surface area contributed by atoms with Gasteiger partial charge in [0.1, 0.15) is 0 Å². The van der Waals surface area contributed by atoms with Gasteiger partial charge < -0.3 is 16.0 Å². The molecule has 3 N–H and O–H groups in total. The van der Waals surface area contributed by atoms with Crippen LogP contribution in [-0.2, 0) is 4.79 Å². The summed E-state index contributed by atoms with van der Waals surface area (Å²) < 4.78 is 0. The molecule has 1 heterocycles. The minimum atomic E-state index is -0.122. The van der Waals surface area contributed by atoms with Crippen molar-refractivity contribution in [3.8, 4) is 0 Å². The topological polar surface area (TPSA) is 70.2 Å². The van der Waals surface area contributed by atoms with Crippen molar-refractivity contribution in [2.75, 3.05) is 29.9 Å². The maximum atomic E-state index is 12.2. The van der Waals surface area contributed by atoms with E-state index in [0.717, 1.165) is 23.6 Å². The van der Waals surface area contributed by atoms with E-state index in [1.165, 1.54) is 0 Å². The predicted octanol–water partition coefficient (Wildman–Crippen LogP) is 1.78. The smallest absolute Gasteiger partial charge is 0.251 e. The van der Waals surface area contributed by atoms with Crippen LogP contribution in [-0.4, -0.2) is 42.5 Å². The number of thioether (sulfide) groups is 1. The molecule has 1 aliphatic rings. The fraction of sp³-hybridized carbons (Fsp3) is 0.500. The Hall–Kier alpha value is -1.53. The SMILES string of the molecule is CCNC(=O)c1ccc(C)c(NC(=O)CC2CSCCN2)c1. The highest BCUT2D eigenvalue weighted by Crippen LogP contribution is 2.18. The summed E-state index contributed by atoms with van der Waals surface area (Å²) in [5.41, 5.74) is 2.22. The van der Waals surface area contributed by atoms with E-state index >= 15 is 0 Å². The molecule has 5 nitrogen and oxygen atoms in total. The summed E-state index contributed by atoms with van der Waals surface area (Å²) in [7, 11) is 0. The highest BCUT2D eigenvalue weighted by Gasteiger charge is 2.17. The summed E-state index contributed by atoms with van der Waals surface area (Å²) >= 11 is 1.87. The second-order valence-electron chi connectivity index (χ2n) is 5.37. The third-order valence-electron chi connectivity index (χ3n) is 3.54. The average Bonchev–Trinajstić information content (AvgIpc) is 2.50. The van der Waals surface area contributed by atoms with E-state index in [0.29, 0.717) is 24.2 Å². The van der Waals surface area contributed by atoms with Gasteiger partial charge in [0.2, 0.25) is 5.91 Å². The van der Waals surface area contributed by atoms with E-state index in [4.69, 9.17) is 0 Å². The maximum absolute atomic E-state index is 12.2. The van der Waals surface area contributed by atoms with Crippen LogP contribution in [0.4, 0.5) is 5.69 Å².